The molecule has 0 saturated heterocycles. The predicted octanol–water partition coefficient (Wildman–Crippen LogP) is 2.05. The van der Waals surface area contributed by atoms with Crippen LogP contribution in [0.4, 0.5) is 26.4 Å². The summed E-state index contributed by atoms with van der Waals surface area (Å²) in [5, 5.41) is 19.0. The topological polar surface area (TPSA) is 177 Å². The number of aromatic nitrogens is 6. The van der Waals surface area contributed by atoms with Crippen LogP contribution in [-0.2, 0) is 0 Å². The lowest BCUT2D eigenvalue weighted by atomic mass is 10.1. The summed E-state index contributed by atoms with van der Waals surface area (Å²) in [7, 11) is 0. The van der Waals surface area contributed by atoms with Crippen molar-refractivity contribution < 1.29 is 8.78 Å². The molecule has 3 aromatic heterocycles. The Kier molecular flexibility index (Phi) is 5.11. The predicted molar refractivity (Wildman–Crippen MR) is 112 cm³/mol. The molecule has 32 heavy (non-hydrogen) atoms. The van der Waals surface area contributed by atoms with Crippen molar-refractivity contribution in [2.45, 2.75) is 19.4 Å². The molecule has 1 unspecified atom stereocenters. The van der Waals surface area contributed by atoms with Crippen LogP contribution in [0.25, 0.3) is 16.7 Å². The van der Waals surface area contributed by atoms with Gasteiger partial charge in [0.2, 0.25) is 5.95 Å². The van der Waals surface area contributed by atoms with Crippen LogP contribution >= 0.6 is 0 Å². The molecule has 0 fully saturated rings. The molecule has 1 aromatic carbocycles. The zero-order chi connectivity index (χ0) is 23.0. The molecule has 0 radical (unpaired) electrons. The van der Waals surface area contributed by atoms with Crippen molar-refractivity contribution in [3.63, 3.8) is 0 Å². The molecule has 0 aliphatic carbocycles. The van der Waals surface area contributed by atoms with Crippen molar-refractivity contribution in [1.29, 1.82) is 5.26 Å². The summed E-state index contributed by atoms with van der Waals surface area (Å²) >= 11 is 0. The van der Waals surface area contributed by atoms with Crippen LogP contribution in [0.2, 0.25) is 0 Å². The van der Waals surface area contributed by atoms with Crippen molar-refractivity contribution in [2.75, 3.05) is 16.8 Å². The lowest BCUT2D eigenvalue weighted by Gasteiger charge is -2.20. The molecular formula is C19H16F2N10O. The fourth-order valence-electron chi connectivity index (χ4n) is 3.29. The third kappa shape index (κ3) is 3.43. The van der Waals surface area contributed by atoms with Gasteiger partial charge in [-0.05, 0) is 13.0 Å². The van der Waals surface area contributed by atoms with Gasteiger partial charge in [0.15, 0.2) is 11.6 Å². The van der Waals surface area contributed by atoms with Gasteiger partial charge in [-0.15, -0.1) is 0 Å². The molecule has 4 rings (SSSR count). The van der Waals surface area contributed by atoms with Crippen LogP contribution in [0, 0.1) is 11.3 Å². The molecule has 0 amide bonds. The second-order valence-electron chi connectivity index (χ2n) is 6.76. The Morgan fingerprint density at radius 3 is 2.66 bits per heavy atom. The summed E-state index contributed by atoms with van der Waals surface area (Å²) in [6, 6.07) is 6.60. The van der Waals surface area contributed by atoms with Crippen LogP contribution in [0.3, 0.4) is 0 Å². The van der Waals surface area contributed by atoms with Crippen molar-refractivity contribution in [3.05, 3.63) is 57.8 Å². The van der Waals surface area contributed by atoms with Gasteiger partial charge in [0, 0.05) is 17.8 Å². The van der Waals surface area contributed by atoms with Crippen LogP contribution < -0.4 is 22.3 Å². The summed E-state index contributed by atoms with van der Waals surface area (Å²) in [5.74, 6) is -0.0340. The number of anilines is 3. The molecule has 3 heterocycles. The van der Waals surface area contributed by atoms with Crippen LogP contribution in [0.5, 0.6) is 0 Å². The highest BCUT2D eigenvalue weighted by Crippen LogP contribution is 2.28. The van der Waals surface area contributed by atoms with Crippen molar-refractivity contribution in [3.8, 4) is 11.9 Å². The third-order valence-corrected chi connectivity index (χ3v) is 4.71. The second-order valence-corrected chi connectivity index (χ2v) is 6.76. The standard InChI is InChI=1S/C19H16F2N10O/c1-8(26-16-11(7-22)15(23)28-19(24)29-16)17-27-13-9(14(20)21)3-2-4-10(13)18(32)31(17)12-5-6-25-30-12/h2-6,8,14H,1H3,(H,25,30)(H5,23,24,26,28,29). The van der Waals surface area contributed by atoms with Crippen molar-refractivity contribution in [1.82, 2.24) is 29.7 Å². The minimum atomic E-state index is -2.84. The highest BCUT2D eigenvalue weighted by molar-refractivity contribution is 5.81. The number of nitriles is 1. The zero-order valence-corrected chi connectivity index (χ0v) is 16.5. The number of hydrogen-bond donors (Lipinski definition) is 4. The second kappa shape index (κ2) is 7.91. The fourth-order valence-corrected chi connectivity index (χ4v) is 3.29. The number of halogens is 2. The maximum absolute atomic E-state index is 13.6. The fraction of sp³-hybridized carbons (Fsp3) is 0.158. The molecular weight excluding hydrogens is 422 g/mol. The third-order valence-electron chi connectivity index (χ3n) is 4.71. The Labute approximate surface area is 178 Å². The van der Waals surface area contributed by atoms with Gasteiger partial charge in [0.05, 0.1) is 16.9 Å². The van der Waals surface area contributed by atoms with Gasteiger partial charge < -0.3 is 16.8 Å². The lowest BCUT2D eigenvalue weighted by Crippen LogP contribution is -2.28. The number of alkyl halides is 2. The van der Waals surface area contributed by atoms with E-state index < -0.39 is 18.0 Å². The number of H-pyrrole nitrogens is 1. The smallest absolute Gasteiger partial charge is 0.267 e. The average molecular weight is 438 g/mol. The number of hydrogen-bond acceptors (Lipinski definition) is 9. The maximum atomic E-state index is 13.6. The van der Waals surface area contributed by atoms with Gasteiger partial charge in [-0.3, -0.25) is 9.89 Å². The van der Waals surface area contributed by atoms with Gasteiger partial charge in [-0.1, -0.05) is 12.1 Å². The first-order valence-electron chi connectivity index (χ1n) is 9.25. The molecule has 0 aliphatic rings. The number of fused-ring (bicyclic) bond motifs is 1. The Morgan fingerprint density at radius 2 is 2.00 bits per heavy atom. The average Bonchev–Trinajstić information content (AvgIpc) is 3.27. The van der Waals surface area contributed by atoms with Gasteiger partial charge in [-0.25, -0.2) is 18.3 Å². The molecule has 0 aliphatic heterocycles. The monoisotopic (exact) mass is 438 g/mol. The molecule has 0 saturated carbocycles. The number of benzene rings is 1. The van der Waals surface area contributed by atoms with E-state index in [1.54, 1.807) is 6.92 Å². The Balaban J connectivity index is 1.95. The van der Waals surface area contributed by atoms with E-state index in [0.29, 0.717) is 0 Å². The van der Waals surface area contributed by atoms with Gasteiger partial charge >= 0.3 is 0 Å². The number of nitrogens with two attached hydrogens (primary N) is 2. The first-order valence-corrected chi connectivity index (χ1v) is 9.25. The SMILES string of the molecule is CC(Nc1nc(N)nc(N)c1C#N)c1nc2c(C(F)F)cccc2c(=O)n1-c1cc[nH]n1. The Bertz CT molecular complexity index is 1410. The Morgan fingerprint density at radius 1 is 1.22 bits per heavy atom. The minimum absolute atomic E-state index is 0.00925. The minimum Gasteiger partial charge on any atom is -0.382 e. The van der Waals surface area contributed by atoms with E-state index in [4.69, 9.17) is 11.5 Å². The van der Waals surface area contributed by atoms with Crippen LogP contribution in [0.15, 0.2) is 35.3 Å². The number of nitrogens with one attached hydrogen (secondary N) is 2. The lowest BCUT2D eigenvalue weighted by molar-refractivity contribution is 0.153. The number of rotatable bonds is 5. The van der Waals surface area contributed by atoms with E-state index >= 15 is 0 Å². The van der Waals surface area contributed by atoms with E-state index in [1.165, 1.54) is 35.0 Å². The first kappa shape index (κ1) is 20.7. The number of para-hydroxylation sites is 1. The zero-order valence-electron chi connectivity index (χ0n) is 16.5. The molecule has 0 spiro atoms. The highest BCUT2D eigenvalue weighted by atomic mass is 19.3. The van der Waals surface area contributed by atoms with Crippen LogP contribution in [0.1, 0.15) is 36.3 Å². The van der Waals surface area contributed by atoms with E-state index in [0.717, 1.165) is 0 Å². The molecule has 0 bridgehead atoms. The Hall–Kier alpha value is -4.60. The summed E-state index contributed by atoms with van der Waals surface area (Å²) < 4.78 is 28.4. The van der Waals surface area contributed by atoms with E-state index in [9.17, 15) is 18.8 Å². The maximum Gasteiger partial charge on any atom is 0.267 e. The molecule has 162 valence electrons. The highest BCUT2D eigenvalue weighted by Gasteiger charge is 2.24. The van der Waals surface area contributed by atoms with E-state index in [-0.39, 0.29) is 51.3 Å². The van der Waals surface area contributed by atoms with E-state index in [1.807, 2.05) is 6.07 Å². The van der Waals surface area contributed by atoms with Crippen molar-refractivity contribution >= 4 is 28.5 Å². The van der Waals surface area contributed by atoms with Crippen molar-refractivity contribution in [2.24, 2.45) is 0 Å². The normalized spacial score (nSPS) is 12.1. The molecule has 11 nitrogen and oxygen atoms in total. The largest absolute Gasteiger partial charge is 0.382 e. The molecule has 13 heteroatoms. The summed E-state index contributed by atoms with van der Waals surface area (Å²) in [4.78, 5) is 25.4. The first-order chi connectivity index (χ1) is 15.3. The quantitative estimate of drug-likeness (QED) is 0.363. The van der Waals surface area contributed by atoms with Gasteiger partial charge in [-0.2, -0.15) is 20.3 Å². The van der Waals surface area contributed by atoms with Gasteiger partial charge in [0.25, 0.3) is 12.0 Å². The van der Waals surface area contributed by atoms with Crippen LogP contribution in [-0.4, -0.2) is 29.7 Å². The summed E-state index contributed by atoms with van der Waals surface area (Å²) in [5.41, 5.74) is 10.2. The molecule has 1 atom stereocenters. The number of aromatic amines is 1. The number of nitrogen functional groups attached to an aromatic ring is 2. The van der Waals surface area contributed by atoms with E-state index in [2.05, 4.69) is 30.5 Å². The molecule has 6 N–H and O–H groups in total. The molecule has 4 aromatic rings. The van der Waals surface area contributed by atoms with Gasteiger partial charge in [0.1, 0.15) is 23.3 Å². The summed E-state index contributed by atoms with van der Waals surface area (Å²) in [6.45, 7) is 1.61. The summed E-state index contributed by atoms with van der Waals surface area (Å²) in [6.07, 6.45) is -1.34. The number of nitrogens with zero attached hydrogens (tertiary/aromatic N) is 6.